The van der Waals surface area contributed by atoms with Gasteiger partial charge in [0.15, 0.2) is 0 Å². The van der Waals surface area contributed by atoms with Crippen LogP contribution in [0.4, 0.5) is 17.1 Å². The molecule has 158 valence electrons. The van der Waals surface area contributed by atoms with Crippen molar-refractivity contribution >= 4 is 17.1 Å². The van der Waals surface area contributed by atoms with Gasteiger partial charge >= 0.3 is 0 Å². The zero-order chi connectivity index (χ0) is 21.2. The van der Waals surface area contributed by atoms with Crippen LogP contribution in [-0.2, 0) is 6.54 Å². The van der Waals surface area contributed by atoms with Crippen LogP contribution in [0.15, 0.2) is 84.6 Å². The molecule has 1 heterocycles. The van der Waals surface area contributed by atoms with E-state index in [-0.39, 0.29) is 0 Å². The van der Waals surface area contributed by atoms with Gasteiger partial charge in [-0.1, -0.05) is 61.6 Å². The van der Waals surface area contributed by atoms with Crippen LogP contribution >= 0.6 is 0 Å². The average Bonchev–Trinajstić information content (AvgIpc) is 2.79. The Morgan fingerprint density at radius 1 is 1.00 bits per heavy atom. The van der Waals surface area contributed by atoms with E-state index in [2.05, 4.69) is 95.7 Å². The number of hydrogen-bond acceptors (Lipinski definition) is 4. The van der Waals surface area contributed by atoms with Crippen molar-refractivity contribution in [1.82, 2.24) is 4.90 Å². The van der Waals surface area contributed by atoms with Crippen LogP contribution in [0, 0.1) is 0 Å². The summed E-state index contributed by atoms with van der Waals surface area (Å²) in [6.45, 7) is 9.18. The second kappa shape index (κ2) is 11.1. The van der Waals surface area contributed by atoms with Gasteiger partial charge in [0.25, 0.3) is 0 Å². The van der Waals surface area contributed by atoms with E-state index in [4.69, 9.17) is 5.73 Å². The molecule has 0 atom stereocenters. The topological polar surface area (TPSA) is 44.5 Å². The van der Waals surface area contributed by atoms with E-state index < -0.39 is 0 Å². The Labute approximate surface area is 181 Å². The first-order valence-electron chi connectivity index (χ1n) is 10.8. The van der Waals surface area contributed by atoms with Crippen LogP contribution in [0.3, 0.4) is 0 Å². The first-order valence-corrected chi connectivity index (χ1v) is 10.8. The summed E-state index contributed by atoms with van der Waals surface area (Å²) in [4.78, 5) is 4.90. The minimum Gasteiger partial charge on any atom is -0.397 e. The molecule has 2 aromatic rings. The van der Waals surface area contributed by atoms with Crippen molar-refractivity contribution < 1.29 is 0 Å². The molecule has 0 amide bonds. The van der Waals surface area contributed by atoms with Gasteiger partial charge in [0, 0.05) is 44.1 Å². The molecule has 0 radical (unpaired) electrons. The van der Waals surface area contributed by atoms with Crippen molar-refractivity contribution in [1.29, 1.82) is 0 Å². The zero-order valence-corrected chi connectivity index (χ0v) is 18.2. The van der Waals surface area contributed by atoms with Crippen molar-refractivity contribution in [3.8, 4) is 0 Å². The Hall–Kier alpha value is -3.14. The van der Waals surface area contributed by atoms with E-state index in [1.165, 1.54) is 16.9 Å². The lowest BCUT2D eigenvalue weighted by atomic mass is 10.1. The van der Waals surface area contributed by atoms with Gasteiger partial charge in [0.1, 0.15) is 0 Å². The minimum atomic E-state index is 0.771. The standard InChI is InChI=1S/C26H34N4/c1-3-4-5-6-8-11-22(2)29-16-18-30(19-17-29)24-14-15-25(27)26(20-24)28-21-23-12-9-7-10-13-23/h4-15,20,28H,3,16-19,21,27H2,1-2H3/b5-4+,8-6-,22-11+. The Morgan fingerprint density at radius 3 is 2.50 bits per heavy atom. The summed E-state index contributed by atoms with van der Waals surface area (Å²) >= 11 is 0. The maximum absolute atomic E-state index is 6.21. The average molecular weight is 403 g/mol. The molecule has 4 heteroatoms. The quantitative estimate of drug-likeness (QED) is 0.456. The van der Waals surface area contributed by atoms with Gasteiger partial charge in [-0.05, 0) is 43.2 Å². The molecule has 0 spiro atoms. The number of nitrogens with zero attached hydrogens (tertiary/aromatic N) is 2. The maximum atomic E-state index is 6.21. The molecule has 0 aliphatic carbocycles. The van der Waals surface area contributed by atoms with E-state index in [1.807, 2.05) is 12.1 Å². The van der Waals surface area contributed by atoms with Crippen molar-refractivity contribution in [3.05, 3.63) is 90.2 Å². The predicted molar refractivity (Wildman–Crippen MR) is 131 cm³/mol. The normalized spacial score (nSPS) is 15.3. The van der Waals surface area contributed by atoms with Gasteiger partial charge in [-0.25, -0.2) is 0 Å². The fourth-order valence-electron chi connectivity index (χ4n) is 3.58. The molecule has 1 saturated heterocycles. The fraction of sp³-hybridized carbons (Fsp3) is 0.308. The number of hydrogen-bond donors (Lipinski definition) is 2. The summed E-state index contributed by atoms with van der Waals surface area (Å²) in [7, 11) is 0. The zero-order valence-electron chi connectivity index (χ0n) is 18.2. The van der Waals surface area contributed by atoms with E-state index in [0.29, 0.717) is 0 Å². The first-order chi connectivity index (χ1) is 14.7. The minimum absolute atomic E-state index is 0.771. The number of allylic oxidation sites excluding steroid dienone is 6. The number of nitrogen functional groups attached to an aromatic ring is 1. The third kappa shape index (κ3) is 6.18. The number of rotatable bonds is 8. The molecule has 1 fully saturated rings. The molecule has 0 saturated carbocycles. The molecule has 1 aliphatic heterocycles. The molecule has 1 aliphatic rings. The second-order valence-corrected chi connectivity index (χ2v) is 7.61. The van der Waals surface area contributed by atoms with E-state index in [9.17, 15) is 0 Å². The lowest BCUT2D eigenvalue weighted by molar-refractivity contribution is 0.322. The summed E-state index contributed by atoms with van der Waals surface area (Å²) in [5.74, 6) is 0. The molecule has 3 rings (SSSR count). The number of piperazine rings is 1. The lowest BCUT2D eigenvalue weighted by Crippen LogP contribution is -2.45. The van der Waals surface area contributed by atoms with Crippen LogP contribution in [0.2, 0.25) is 0 Å². The smallest absolute Gasteiger partial charge is 0.0597 e. The van der Waals surface area contributed by atoms with Crippen LogP contribution < -0.4 is 16.0 Å². The molecule has 2 aromatic carbocycles. The SMILES string of the molecule is CC/C=C/C=C\C=C(/C)N1CCN(c2ccc(N)c(NCc3ccccc3)c2)CC1. The summed E-state index contributed by atoms with van der Waals surface area (Å²) in [6, 6.07) is 16.7. The van der Waals surface area contributed by atoms with Gasteiger partial charge in [-0.3, -0.25) is 0 Å². The highest BCUT2D eigenvalue weighted by atomic mass is 15.3. The third-order valence-electron chi connectivity index (χ3n) is 5.44. The highest BCUT2D eigenvalue weighted by Gasteiger charge is 2.17. The molecular formula is C26H34N4. The largest absolute Gasteiger partial charge is 0.397 e. The summed E-state index contributed by atoms with van der Waals surface area (Å²) in [6.07, 6.45) is 11.8. The number of anilines is 3. The Bertz CT molecular complexity index is 875. The monoisotopic (exact) mass is 402 g/mol. The third-order valence-corrected chi connectivity index (χ3v) is 5.44. The van der Waals surface area contributed by atoms with Crippen molar-refractivity contribution in [2.75, 3.05) is 42.1 Å². The van der Waals surface area contributed by atoms with Crippen molar-refractivity contribution in [2.45, 2.75) is 26.8 Å². The van der Waals surface area contributed by atoms with Gasteiger partial charge < -0.3 is 20.9 Å². The predicted octanol–water partition coefficient (Wildman–Crippen LogP) is 5.43. The maximum Gasteiger partial charge on any atom is 0.0597 e. The van der Waals surface area contributed by atoms with Crippen LogP contribution in [-0.4, -0.2) is 31.1 Å². The van der Waals surface area contributed by atoms with E-state index in [1.54, 1.807) is 0 Å². The Kier molecular flexibility index (Phi) is 8.02. The lowest BCUT2D eigenvalue weighted by Gasteiger charge is -2.38. The van der Waals surface area contributed by atoms with Crippen molar-refractivity contribution in [2.24, 2.45) is 0 Å². The highest BCUT2D eigenvalue weighted by molar-refractivity contribution is 5.72. The van der Waals surface area contributed by atoms with Crippen LogP contribution in [0.1, 0.15) is 25.8 Å². The molecule has 4 nitrogen and oxygen atoms in total. The Morgan fingerprint density at radius 2 is 1.77 bits per heavy atom. The fourth-order valence-corrected chi connectivity index (χ4v) is 3.58. The van der Waals surface area contributed by atoms with Crippen LogP contribution in [0.25, 0.3) is 0 Å². The highest BCUT2D eigenvalue weighted by Crippen LogP contribution is 2.27. The number of nitrogens with two attached hydrogens (primary N) is 1. The summed E-state index contributed by atoms with van der Waals surface area (Å²) in [5.41, 5.74) is 11.8. The summed E-state index contributed by atoms with van der Waals surface area (Å²) in [5, 5.41) is 3.49. The van der Waals surface area contributed by atoms with E-state index >= 15 is 0 Å². The first kappa shape index (κ1) is 21.6. The summed E-state index contributed by atoms with van der Waals surface area (Å²) < 4.78 is 0. The van der Waals surface area contributed by atoms with Crippen LogP contribution in [0.5, 0.6) is 0 Å². The molecule has 30 heavy (non-hydrogen) atoms. The molecule has 0 unspecified atom stereocenters. The van der Waals surface area contributed by atoms with Gasteiger partial charge in [-0.2, -0.15) is 0 Å². The van der Waals surface area contributed by atoms with Gasteiger partial charge in [0.2, 0.25) is 0 Å². The van der Waals surface area contributed by atoms with Crippen molar-refractivity contribution in [3.63, 3.8) is 0 Å². The van der Waals surface area contributed by atoms with E-state index in [0.717, 1.165) is 50.5 Å². The molecule has 3 N–H and O–H groups in total. The Balaban J connectivity index is 1.57. The van der Waals surface area contributed by atoms with Gasteiger partial charge in [0.05, 0.1) is 11.4 Å². The molecule has 0 bridgehead atoms. The molecular weight excluding hydrogens is 368 g/mol. The second-order valence-electron chi connectivity index (χ2n) is 7.61. The number of nitrogens with one attached hydrogen (secondary N) is 1. The van der Waals surface area contributed by atoms with Gasteiger partial charge in [-0.15, -0.1) is 0 Å². The number of benzene rings is 2. The molecule has 0 aromatic heterocycles.